The van der Waals surface area contributed by atoms with E-state index >= 15 is 0 Å². The number of hydrogen-bond acceptors (Lipinski definition) is 5. The van der Waals surface area contributed by atoms with Crippen molar-refractivity contribution in [3.05, 3.63) is 17.5 Å². The molecule has 0 aromatic carbocycles. The number of Topliss-reactive ketones (excluding diaryl/α,β-unsaturated/α-hetero) is 1. The first-order valence-corrected chi connectivity index (χ1v) is 9.78. The Hall–Kier alpha value is -2.38. The summed E-state index contributed by atoms with van der Waals surface area (Å²) in [7, 11) is 0. The molecule has 2 fully saturated rings. The highest BCUT2D eigenvalue weighted by Crippen LogP contribution is 2.33. The van der Waals surface area contributed by atoms with E-state index in [4.69, 9.17) is 4.74 Å². The maximum Gasteiger partial charge on any atom is 0.410 e. The highest BCUT2D eigenvalue weighted by Gasteiger charge is 2.47. The number of H-pyrrole nitrogens is 1. The molecule has 8 heteroatoms. The number of likely N-dealkylation sites (tertiary alicyclic amines) is 1. The summed E-state index contributed by atoms with van der Waals surface area (Å²) in [4.78, 5) is 39.7. The number of aromatic amines is 1. The van der Waals surface area contributed by atoms with Gasteiger partial charge in [-0.2, -0.15) is 5.10 Å². The summed E-state index contributed by atoms with van der Waals surface area (Å²) in [5, 5.41) is 6.50. The van der Waals surface area contributed by atoms with Gasteiger partial charge in [-0.05, 0) is 12.5 Å². The molecule has 3 heterocycles. The Labute approximate surface area is 159 Å². The van der Waals surface area contributed by atoms with Crippen LogP contribution in [0.3, 0.4) is 0 Å². The molecule has 1 N–H and O–H groups in total. The maximum absolute atomic E-state index is 12.6. The molecule has 2 aliphatic heterocycles. The van der Waals surface area contributed by atoms with Crippen LogP contribution in [-0.4, -0.2) is 69.6 Å². The molecule has 27 heavy (non-hydrogen) atoms. The number of unbranched alkanes of at least 4 members (excludes halogenated alkanes) is 3. The summed E-state index contributed by atoms with van der Waals surface area (Å²) in [5.41, 5.74) is 0.101. The van der Waals surface area contributed by atoms with Crippen molar-refractivity contribution in [2.75, 3.05) is 26.2 Å². The molecule has 8 nitrogen and oxygen atoms in total. The van der Waals surface area contributed by atoms with Crippen molar-refractivity contribution in [3.63, 3.8) is 0 Å². The largest absolute Gasteiger partial charge is 0.441 e. The number of carbonyl (C=O) groups is 3. The average Bonchev–Trinajstić information content (AvgIpc) is 3.25. The monoisotopic (exact) mass is 376 g/mol. The maximum atomic E-state index is 12.6. The molecule has 1 spiro atoms. The lowest BCUT2D eigenvalue weighted by molar-refractivity contribution is 0.00296. The lowest BCUT2D eigenvalue weighted by Crippen LogP contribution is -2.48. The summed E-state index contributed by atoms with van der Waals surface area (Å²) < 4.78 is 5.71. The lowest BCUT2D eigenvalue weighted by Gasteiger charge is -2.37. The molecule has 1 aromatic rings. The number of ether oxygens (including phenoxy) is 1. The third-order valence-electron chi connectivity index (χ3n) is 5.45. The van der Waals surface area contributed by atoms with Crippen molar-refractivity contribution in [2.24, 2.45) is 0 Å². The predicted octanol–water partition coefficient (Wildman–Crippen LogP) is 2.62. The first kappa shape index (κ1) is 19.4. The molecule has 0 bridgehead atoms. The Morgan fingerprint density at radius 1 is 1.26 bits per heavy atom. The van der Waals surface area contributed by atoms with Crippen LogP contribution in [0.2, 0.25) is 0 Å². The zero-order chi connectivity index (χ0) is 19.4. The van der Waals surface area contributed by atoms with Crippen LogP contribution in [0.4, 0.5) is 4.79 Å². The van der Waals surface area contributed by atoms with Gasteiger partial charge in [0.15, 0.2) is 5.78 Å². The van der Waals surface area contributed by atoms with Crippen molar-refractivity contribution in [1.29, 1.82) is 0 Å². The number of rotatable bonds is 7. The van der Waals surface area contributed by atoms with Crippen LogP contribution in [0, 0.1) is 0 Å². The average molecular weight is 376 g/mol. The van der Waals surface area contributed by atoms with E-state index in [2.05, 4.69) is 17.1 Å². The smallest absolute Gasteiger partial charge is 0.410 e. The molecule has 0 aliphatic carbocycles. The van der Waals surface area contributed by atoms with Crippen LogP contribution in [0.25, 0.3) is 0 Å². The molecule has 2 amide bonds. The van der Waals surface area contributed by atoms with Crippen LogP contribution in [0.5, 0.6) is 0 Å². The summed E-state index contributed by atoms with van der Waals surface area (Å²) in [6, 6.07) is 1.49. The van der Waals surface area contributed by atoms with E-state index in [1.807, 2.05) is 0 Å². The molecule has 0 atom stereocenters. The molecule has 2 aliphatic rings. The van der Waals surface area contributed by atoms with Gasteiger partial charge in [0.2, 0.25) is 0 Å². The third-order valence-corrected chi connectivity index (χ3v) is 5.45. The van der Waals surface area contributed by atoms with Gasteiger partial charge in [-0.1, -0.05) is 26.2 Å². The second-order valence-electron chi connectivity index (χ2n) is 7.55. The summed E-state index contributed by atoms with van der Waals surface area (Å²) in [5.74, 6) is -0.356. The Morgan fingerprint density at radius 2 is 2.00 bits per heavy atom. The van der Waals surface area contributed by atoms with E-state index in [0.717, 1.165) is 19.4 Å². The minimum Gasteiger partial charge on any atom is -0.441 e. The van der Waals surface area contributed by atoms with Gasteiger partial charge in [-0.3, -0.25) is 14.7 Å². The van der Waals surface area contributed by atoms with Crippen molar-refractivity contribution < 1.29 is 19.1 Å². The lowest BCUT2D eigenvalue weighted by atomic mass is 9.91. The number of ketones is 1. The molecule has 0 unspecified atom stereocenters. The van der Waals surface area contributed by atoms with E-state index in [0.29, 0.717) is 38.2 Å². The van der Waals surface area contributed by atoms with Gasteiger partial charge in [0, 0.05) is 39.4 Å². The van der Waals surface area contributed by atoms with Gasteiger partial charge in [0.25, 0.3) is 5.91 Å². The minimum atomic E-state index is -0.475. The molecule has 148 valence electrons. The molecule has 0 saturated carbocycles. The van der Waals surface area contributed by atoms with Gasteiger partial charge >= 0.3 is 6.09 Å². The Morgan fingerprint density at radius 3 is 2.63 bits per heavy atom. The zero-order valence-electron chi connectivity index (χ0n) is 16.1. The molecule has 2 saturated heterocycles. The van der Waals surface area contributed by atoms with E-state index in [-0.39, 0.29) is 23.5 Å². The fourth-order valence-electron chi connectivity index (χ4n) is 3.75. The van der Waals surface area contributed by atoms with E-state index in [1.54, 1.807) is 9.80 Å². The van der Waals surface area contributed by atoms with Crippen LogP contribution in [-0.2, 0) is 4.74 Å². The number of piperidine rings is 1. The van der Waals surface area contributed by atoms with Gasteiger partial charge in [-0.15, -0.1) is 0 Å². The highest BCUT2D eigenvalue weighted by molar-refractivity contribution is 5.97. The number of aromatic nitrogens is 2. The van der Waals surface area contributed by atoms with E-state index in [9.17, 15) is 14.4 Å². The van der Waals surface area contributed by atoms with Crippen molar-refractivity contribution in [2.45, 2.75) is 58.0 Å². The fourth-order valence-corrected chi connectivity index (χ4v) is 3.75. The van der Waals surface area contributed by atoms with Gasteiger partial charge in [0.1, 0.15) is 17.0 Å². The number of nitrogens with zero attached hydrogens (tertiary/aromatic N) is 3. The first-order valence-electron chi connectivity index (χ1n) is 9.78. The quantitative estimate of drug-likeness (QED) is 0.583. The predicted molar refractivity (Wildman–Crippen MR) is 98.7 cm³/mol. The van der Waals surface area contributed by atoms with Gasteiger partial charge < -0.3 is 14.5 Å². The van der Waals surface area contributed by atoms with Crippen LogP contribution < -0.4 is 0 Å². The van der Waals surface area contributed by atoms with Crippen molar-refractivity contribution in [1.82, 2.24) is 20.0 Å². The fraction of sp³-hybridized carbons (Fsp3) is 0.684. The molecule has 3 rings (SSSR count). The van der Waals surface area contributed by atoms with Gasteiger partial charge in [0.05, 0.1) is 6.54 Å². The standard InChI is InChI=1S/C19H28N4O4/c1-3-4-5-6-9-23-13-19(27-18(23)26)7-10-22(11-8-19)17(25)16-12-15(14(2)24)20-21-16/h12H,3-11,13H2,1-2H3,(H,20,21). The Balaban J connectivity index is 1.52. The molecule has 0 radical (unpaired) electrons. The number of nitrogens with one attached hydrogen (secondary N) is 1. The van der Waals surface area contributed by atoms with E-state index in [1.165, 1.54) is 25.8 Å². The summed E-state index contributed by atoms with van der Waals surface area (Å²) in [6.45, 7) is 5.97. The Kier molecular flexibility index (Phi) is 5.82. The minimum absolute atomic E-state index is 0.175. The molecular formula is C19H28N4O4. The zero-order valence-corrected chi connectivity index (χ0v) is 16.1. The second-order valence-corrected chi connectivity index (χ2v) is 7.55. The SMILES string of the molecule is CCCCCCN1CC2(CCN(C(=O)c3cc(C(C)=O)n[nH]3)CC2)OC1=O. The summed E-state index contributed by atoms with van der Waals surface area (Å²) >= 11 is 0. The number of hydrogen-bond donors (Lipinski definition) is 1. The highest BCUT2D eigenvalue weighted by atomic mass is 16.6. The first-order chi connectivity index (χ1) is 12.9. The molecule has 1 aromatic heterocycles. The van der Waals surface area contributed by atoms with E-state index < -0.39 is 5.60 Å². The number of amides is 2. The van der Waals surface area contributed by atoms with Crippen LogP contribution in [0.15, 0.2) is 6.07 Å². The Bertz CT molecular complexity index is 706. The van der Waals surface area contributed by atoms with Crippen LogP contribution >= 0.6 is 0 Å². The van der Waals surface area contributed by atoms with Crippen molar-refractivity contribution in [3.8, 4) is 0 Å². The topological polar surface area (TPSA) is 95.6 Å². The second kappa shape index (κ2) is 8.10. The van der Waals surface area contributed by atoms with Gasteiger partial charge in [-0.25, -0.2) is 4.79 Å². The van der Waals surface area contributed by atoms with Crippen molar-refractivity contribution >= 4 is 17.8 Å². The van der Waals surface area contributed by atoms with Crippen LogP contribution in [0.1, 0.15) is 73.3 Å². The summed E-state index contributed by atoms with van der Waals surface area (Å²) in [6.07, 6.45) is 5.51. The number of carbonyl (C=O) groups excluding carboxylic acids is 3. The normalized spacial score (nSPS) is 18.8. The molecular weight excluding hydrogens is 348 g/mol. The third kappa shape index (κ3) is 4.31.